The molecule has 0 atom stereocenters. The summed E-state index contributed by atoms with van der Waals surface area (Å²) in [5, 5.41) is 0. The first kappa shape index (κ1) is 15.3. The molecule has 3 rings (SSSR count). The highest BCUT2D eigenvalue weighted by atomic mass is 16.2. The molecule has 0 N–H and O–H groups in total. The molecule has 0 unspecified atom stereocenters. The van der Waals surface area contributed by atoms with Gasteiger partial charge in [0.25, 0.3) is 5.91 Å². The molecule has 4 heteroatoms. The molecular weight excluding hydrogens is 286 g/mol. The molecule has 0 bridgehead atoms. The quantitative estimate of drug-likeness (QED) is 0.738. The third-order valence-electron chi connectivity index (χ3n) is 4.04. The summed E-state index contributed by atoms with van der Waals surface area (Å²) in [5.41, 5.74) is 4.51. The van der Waals surface area contributed by atoms with Crippen molar-refractivity contribution in [2.45, 2.75) is 27.3 Å². The zero-order valence-electron chi connectivity index (χ0n) is 13.8. The maximum Gasteiger partial charge on any atom is 0.273 e. The van der Waals surface area contributed by atoms with E-state index in [1.165, 1.54) is 0 Å². The lowest BCUT2D eigenvalue weighted by molar-refractivity contribution is 0.0745. The number of rotatable bonds is 4. The Labute approximate surface area is 136 Å². The van der Waals surface area contributed by atoms with Gasteiger partial charge in [-0.1, -0.05) is 30.3 Å². The van der Waals surface area contributed by atoms with E-state index in [9.17, 15) is 4.79 Å². The van der Waals surface area contributed by atoms with E-state index >= 15 is 0 Å². The number of carbonyl (C=O) groups is 1. The molecular formula is C19H21N3O. The van der Waals surface area contributed by atoms with E-state index in [1.807, 2.05) is 78.7 Å². The van der Waals surface area contributed by atoms with Crippen LogP contribution < -0.4 is 0 Å². The third-order valence-corrected chi connectivity index (χ3v) is 4.04. The van der Waals surface area contributed by atoms with Crippen molar-refractivity contribution >= 4 is 11.6 Å². The molecule has 2 aromatic heterocycles. The Morgan fingerprint density at radius 1 is 1.17 bits per heavy atom. The molecule has 4 nitrogen and oxygen atoms in total. The van der Waals surface area contributed by atoms with Crippen molar-refractivity contribution in [3.05, 3.63) is 71.2 Å². The lowest BCUT2D eigenvalue weighted by Crippen LogP contribution is -2.31. The van der Waals surface area contributed by atoms with Gasteiger partial charge in [-0.2, -0.15) is 0 Å². The highest BCUT2D eigenvalue weighted by Crippen LogP contribution is 2.17. The molecule has 0 aliphatic carbocycles. The molecule has 0 saturated carbocycles. The van der Waals surface area contributed by atoms with Crippen LogP contribution in [-0.2, 0) is 6.54 Å². The molecule has 3 aromatic rings. The topological polar surface area (TPSA) is 37.6 Å². The van der Waals surface area contributed by atoms with Crippen molar-refractivity contribution in [3.63, 3.8) is 0 Å². The first-order valence-corrected chi connectivity index (χ1v) is 7.88. The molecule has 1 aromatic carbocycles. The predicted octanol–water partition coefficient (Wildman–Crippen LogP) is 3.61. The molecule has 118 valence electrons. The number of amides is 1. The lowest BCUT2D eigenvalue weighted by Gasteiger charge is -2.21. The van der Waals surface area contributed by atoms with Crippen molar-refractivity contribution in [1.82, 2.24) is 14.3 Å². The number of hydrogen-bond acceptors (Lipinski definition) is 2. The van der Waals surface area contributed by atoms with E-state index in [-0.39, 0.29) is 5.91 Å². The molecule has 0 radical (unpaired) electrons. The second-order valence-corrected chi connectivity index (χ2v) is 5.78. The molecule has 0 saturated heterocycles. The van der Waals surface area contributed by atoms with Gasteiger partial charge in [0, 0.05) is 19.3 Å². The maximum atomic E-state index is 13.0. The predicted molar refractivity (Wildman–Crippen MR) is 91.5 cm³/mol. The lowest BCUT2D eigenvalue weighted by atomic mass is 10.2. The molecule has 0 spiro atoms. The van der Waals surface area contributed by atoms with E-state index in [2.05, 4.69) is 4.98 Å². The minimum absolute atomic E-state index is 0.0187. The summed E-state index contributed by atoms with van der Waals surface area (Å²) in [4.78, 5) is 19.4. The zero-order chi connectivity index (χ0) is 16.4. The van der Waals surface area contributed by atoms with Gasteiger partial charge >= 0.3 is 0 Å². The number of pyridine rings is 1. The largest absolute Gasteiger partial charge is 0.333 e. The van der Waals surface area contributed by atoms with Crippen LogP contribution >= 0.6 is 0 Å². The number of aromatic nitrogens is 2. The van der Waals surface area contributed by atoms with Gasteiger partial charge in [-0.3, -0.25) is 9.20 Å². The Bertz CT molecular complexity index is 836. The standard InChI is InChI=1S/C19H21N3O/c1-4-21(13-16-8-6-5-7-9-16)19(23)18-15(3)20-17-12-14(2)10-11-22(17)18/h5-12H,4,13H2,1-3H3. The molecule has 23 heavy (non-hydrogen) atoms. The van der Waals surface area contributed by atoms with Crippen LogP contribution in [0.2, 0.25) is 0 Å². The van der Waals surface area contributed by atoms with Gasteiger partial charge in [0.2, 0.25) is 0 Å². The van der Waals surface area contributed by atoms with E-state index < -0.39 is 0 Å². The smallest absolute Gasteiger partial charge is 0.273 e. The number of fused-ring (bicyclic) bond motifs is 1. The fraction of sp³-hybridized carbons (Fsp3) is 0.263. The zero-order valence-corrected chi connectivity index (χ0v) is 13.8. The Morgan fingerprint density at radius 2 is 1.91 bits per heavy atom. The van der Waals surface area contributed by atoms with Crippen molar-refractivity contribution in [2.24, 2.45) is 0 Å². The van der Waals surface area contributed by atoms with Gasteiger partial charge in [-0.25, -0.2) is 4.98 Å². The summed E-state index contributed by atoms with van der Waals surface area (Å²) in [5.74, 6) is 0.0187. The van der Waals surface area contributed by atoms with Crippen LogP contribution in [0.5, 0.6) is 0 Å². The summed E-state index contributed by atoms with van der Waals surface area (Å²) in [6.45, 7) is 7.19. The third kappa shape index (κ3) is 2.97. The molecule has 2 heterocycles. The maximum absolute atomic E-state index is 13.0. The van der Waals surface area contributed by atoms with Gasteiger partial charge in [-0.15, -0.1) is 0 Å². The number of carbonyl (C=O) groups excluding carboxylic acids is 1. The van der Waals surface area contributed by atoms with Crippen LogP contribution in [0.25, 0.3) is 5.65 Å². The summed E-state index contributed by atoms with van der Waals surface area (Å²) in [6, 6.07) is 14.1. The van der Waals surface area contributed by atoms with Crippen LogP contribution in [0.3, 0.4) is 0 Å². The Hall–Kier alpha value is -2.62. The number of nitrogens with zero attached hydrogens (tertiary/aromatic N) is 3. The fourth-order valence-electron chi connectivity index (χ4n) is 2.80. The second kappa shape index (κ2) is 6.24. The normalized spacial score (nSPS) is 10.9. The van der Waals surface area contributed by atoms with Crippen LogP contribution in [0.15, 0.2) is 48.7 Å². The van der Waals surface area contributed by atoms with E-state index in [4.69, 9.17) is 0 Å². The van der Waals surface area contributed by atoms with Crippen molar-refractivity contribution in [2.75, 3.05) is 6.54 Å². The molecule has 1 amide bonds. The number of aryl methyl sites for hydroxylation is 2. The van der Waals surface area contributed by atoms with Crippen LogP contribution in [0.1, 0.15) is 34.2 Å². The van der Waals surface area contributed by atoms with E-state index in [1.54, 1.807) is 0 Å². The monoisotopic (exact) mass is 307 g/mol. The van der Waals surface area contributed by atoms with E-state index in [0.717, 1.165) is 22.5 Å². The highest BCUT2D eigenvalue weighted by Gasteiger charge is 2.21. The average molecular weight is 307 g/mol. The fourth-order valence-corrected chi connectivity index (χ4v) is 2.80. The molecule has 0 aliphatic heterocycles. The Balaban J connectivity index is 1.96. The minimum atomic E-state index is 0.0187. The second-order valence-electron chi connectivity index (χ2n) is 5.78. The molecule has 0 aliphatic rings. The van der Waals surface area contributed by atoms with Crippen LogP contribution in [0, 0.1) is 13.8 Å². The van der Waals surface area contributed by atoms with Gasteiger partial charge in [-0.05, 0) is 44.0 Å². The summed E-state index contributed by atoms with van der Waals surface area (Å²) in [7, 11) is 0. The van der Waals surface area contributed by atoms with Crippen LogP contribution in [0.4, 0.5) is 0 Å². The number of imidazole rings is 1. The minimum Gasteiger partial charge on any atom is -0.333 e. The van der Waals surface area contributed by atoms with Gasteiger partial charge in [0.15, 0.2) is 0 Å². The summed E-state index contributed by atoms with van der Waals surface area (Å²) in [6.07, 6.45) is 1.92. The van der Waals surface area contributed by atoms with E-state index in [0.29, 0.717) is 18.8 Å². The highest BCUT2D eigenvalue weighted by molar-refractivity contribution is 5.94. The van der Waals surface area contributed by atoms with Crippen molar-refractivity contribution < 1.29 is 4.79 Å². The number of hydrogen-bond donors (Lipinski definition) is 0. The van der Waals surface area contributed by atoms with Gasteiger partial charge in [0.1, 0.15) is 11.3 Å². The SMILES string of the molecule is CCN(Cc1ccccc1)C(=O)c1c(C)nc2cc(C)ccn12. The Morgan fingerprint density at radius 3 is 2.61 bits per heavy atom. The first-order valence-electron chi connectivity index (χ1n) is 7.88. The van der Waals surface area contributed by atoms with Crippen LogP contribution in [-0.4, -0.2) is 26.7 Å². The Kier molecular flexibility index (Phi) is 4.15. The number of benzene rings is 1. The van der Waals surface area contributed by atoms with Gasteiger partial charge in [0.05, 0.1) is 5.69 Å². The first-order chi connectivity index (χ1) is 11.1. The average Bonchev–Trinajstić information content (AvgIpc) is 2.87. The summed E-state index contributed by atoms with van der Waals surface area (Å²) >= 11 is 0. The summed E-state index contributed by atoms with van der Waals surface area (Å²) < 4.78 is 1.89. The van der Waals surface area contributed by atoms with Crippen molar-refractivity contribution in [1.29, 1.82) is 0 Å². The molecule has 0 fully saturated rings. The van der Waals surface area contributed by atoms with Gasteiger partial charge < -0.3 is 4.90 Å². The van der Waals surface area contributed by atoms with Crippen molar-refractivity contribution in [3.8, 4) is 0 Å².